The largest absolute Gasteiger partial charge is 0.304 e. The van der Waals surface area contributed by atoms with Gasteiger partial charge in [0.1, 0.15) is 11.6 Å². The third kappa shape index (κ3) is 2.09. The van der Waals surface area contributed by atoms with Crippen LogP contribution >= 0.6 is 11.3 Å². The molecule has 3 nitrogen and oxygen atoms in total. The van der Waals surface area contributed by atoms with Gasteiger partial charge in [-0.05, 0) is 36.9 Å². The van der Waals surface area contributed by atoms with E-state index >= 15 is 0 Å². The number of rotatable bonds is 3. The molecule has 2 rings (SSSR count). The smallest absolute Gasteiger partial charge is 0.269 e. The van der Waals surface area contributed by atoms with E-state index < -0.39 is 0 Å². The molecule has 0 aliphatic heterocycles. The van der Waals surface area contributed by atoms with Crippen LogP contribution in [0, 0.1) is 11.3 Å². The van der Waals surface area contributed by atoms with Crippen LogP contribution in [0.15, 0.2) is 34.4 Å². The van der Waals surface area contributed by atoms with Gasteiger partial charge in [0.25, 0.3) is 5.56 Å². The number of pyridine rings is 1. The van der Waals surface area contributed by atoms with E-state index in [4.69, 9.17) is 5.26 Å². The summed E-state index contributed by atoms with van der Waals surface area (Å²) in [5, 5.41) is 10.9. The van der Waals surface area contributed by atoms with Gasteiger partial charge in [0.2, 0.25) is 0 Å². The van der Waals surface area contributed by atoms with E-state index in [2.05, 4.69) is 0 Å². The summed E-state index contributed by atoms with van der Waals surface area (Å²) in [4.78, 5) is 13.3. The lowest BCUT2D eigenvalue weighted by Crippen LogP contribution is -2.26. The second kappa shape index (κ2) is 5.19. The van der Waals surface area contributed by atoms with Gasteiger partial charge in [0.05, 0.1) is 10.6 Å². The van der Waals surface area contributed by atoms with Crippen molar-refractivity contribution in [1.82, 2.24) is 4.57 Å². The lowest BCUT2D eigenvalue weighted by Gasteiger charge is -2.17. The Labute approximate surface area is 110 Å². The minimum Gasteiger partial charge on any atom is -0.304 e. The fourth-order valence-corrected chi connectivity index (χ4v) is 2.63. The molecular weight excluding hydrogens is 244 g/mol. The summed E-state index contributed by atoms with van der Waals surface area (Å²) in [6.07, 6.45) is 0.854. The molecule has 4 heteroatoms. The van der Waals surface area contributed by atoms with Crippen LogP contribution in [-0.2, 0) is 0 Å². The van der Waals surface area contributed by atoms with Gasteiger partial charge in [0.15, 0.2) is 0 Å². The highest BCUT2D eigenvalue weighted by Gasteiger charge is 2.14. The van der Waals surface area contributed by atoms with Crippen molar-refractivity contribution in [3.05, 3.63) is 45.6 Å². The quantitative estimate of drug-likeness (QED) is 0.846. The Morgan fingerprint density at radius 2 is 2.22 bits per heavy atom. The first-order valence-corrected chi connectivity index (χ1v) is 6.76. The normalized spacial score (nSPS) is 12.1. The zero-order valence-corrected chi connectivity index (χ0v) is 11.2. The summed E-state index contributed by atoms with van der Waals surface area (Å²) in [7, 11) is 0. The maximum atomic E-state index is 12.3. The van der Waals surface area contributed by atoms with Crippen molar-refractivity contribution in [2.75, 3.05) is 0 Å². The lowest BCUT2D eigenvalue weighted by molar-refractivity contribution is 0.519. The molecule has 0 saturated heterocycles. The first-order chi connectivity index (χ1) is 8.69. The zero-order valence-electron chi connectivity index (χ0n) is 10.4. The predicted molar refractivity (Wildman–Crippen MR) is 73.7 cm³/mol. The molecule has 2 heterocycles. The summed E-state index contributed by atoms with van der Waals surface area (Å²) in [5.74, 6) is 0. The number of aromatic nitrogens is 1. The van der Waals surface area contributed by atoms with E-state index in [0.29, 0.717) is 0 Å². The van der Waals surface area contributed by atoms with Gasteiger partial charge in [-0.1, -0.05) is 13.0 Å². The average molecular weight is 258 g/mol. The number of thiophene rings is 1. The van der Waals surface area contributed by atoms with Crippen LogP contribution < -0.4 is 5.56 Å². The third-order valence-corrected chi connectivity index (χ3v) is 3.93. The first kappa shape index (κ1) is 12.6. The van der Waals surface area contributed by atoms with Gasteiger partial charge >= 0.3 is 0 Å². The summed E-state index contributed by atoms with van der Waals surface area (Å²) in [6.45, 7) is 4.04. The van der Waals surface area contributed by atoms with Gasteiger partial charge in [-0.15, -0.1) is 11.3 Å². The standard InChI is InChI=1S/C14H14N2OS/c1-3-10(2)16-12(13-5-4-8-18-13)7-6-11(9-15)14(16)17/h4-8,10H,3H2,1-2H3. The van der Waals surface area contributed by atoms with E-state index in [1.165, 1.54) is 0 Å². The molecule has 0 radical (unpaired) electrons. The molecule has 2 aromatic rings. The van der Waals surface area contributed by atoms with Crippen LogP contribution in [0.3, 0.4) is 0 Å². The molecule has 0 aromatic carbocycles. The number of hydrogen-bond donors (Lipinski definition) is 0. The van der Waals surface area contributed by atoms with Crippen LogP contribution in [0.5, 0.6) is 0 Å². The fourth-order valence-electron chi connectivity index (χ4n) is 1.88. The molecule has 0 spiro atoms. The van der Waals surface area contributed by atoms with Crippen molar-refractivity contribution in [1.29, 1.82) is 5.26 Å². The monoisotopic (exact) mass is 258 g/mol. The molecule has 0 fully saturated rings. The second-order valence-electron chi connectivity index (χ2n) is 4.15. The maximum Gasteiger partial charge on any atom is 0.269 e. The van der Waals surface area contributed by atoms with Gasteiger partial charge < -0.3 is 4.57 Å². The highest BCUT2D eigenvalue weighted by molar-refractivity contribution is 7.13. The van der Waals surface area contributed by atoms with E-state index in [1.807, 2.05) is 43.5 Å². The molecule has 1 unspecified atom stereocenters. The number of nitrogens with zero attached hydrogens (tertiary/aromatic N) is 2. The maximum absolute atomic E-state index is 12.3. The Morgan fingerprint density at radius 3 is 2.78 bits per heavy atom. The number of hydrogen-bond acceptors (Lipinski definition) is 3. The highest BCUT2D eigenvalue weighted by atomic mass is 32.1. The van der Waals surface area contributed by atoms with E-state index in [1.54, 1.807) is 22.0 Å². The molecule has 0 amide bonds. The Balaban J connectivity index is 2.72. The van der Waals surface area contributed by atoms with Crippen LogP contribution in [0.1, 0.15) is 31.9 Å². The molecule has 0 bridgehead atoms. The van der Waals surface area contributed by atoms with Crippen molar-refractivity contribution < 1.29 is 0 Å². The SMILES string of the molecule is CCC(C)n1c(-c2cccs2)ccc(C#N)c1=O. The fraction of sp³-hybridized carbons (Fsp3) is 0.286. The molecule has 0 N–H and O–H groups in total. The van der Waals surface area contributed by atoms with Gasteiger partial charge in [0, 0.05) is 6.04 Å². The van der Waals surface area contributed by atoms with Crippen molar-refractivity contribution in [3.8, 4) is 16.6 Å². The average Bonchev–Trinajstić information content (AvgIpc) is 2.91. The Morgan fingerprint density at radius 1 is 1.44 bits per heavy atom. The molecule has 2 aromatic heterocycles. The van der Waals surface area contributed by atoms with Gasteiger partial charge in [-0.3, -0.25) is 4.79 Å². The highest BCUT2D eigenvalue weighted by Crippen LogP contribution is 2.26. The minimum atomic E-state index is -0.197. The first-order valence-electron chi connectivity index (χ1n) is 5.88. The summed E-state index contributed by atoms with van der Waals surface area (Å²) >= 11 is 1.60. The van der Waals surface area contributed by atoms with Crippen LogP contribution in [0.2, 0.25) is 0 Å². The molecule has 1 atom stereocenters. The molecule has 92 valence electrons. The van der Waals surface area contributed by atoms with Gasteiger partial charge in [-0.2, -0.15) is 5.26 Å². The number of nitriles is 1. The minimum absolute atomic E-state index is 0.0860. The lowest BCUT2D eigenvalue weighted by atomic mass is 10.1. The predicted octanol–water partition coefficient (Wildman–Crippen LogP) is 3.42. The molecule has 0 aliphatic rings. The van der Waals surface area contributed by atoms with Crippen LogP contribution in [-0.4, -0.2) is 4.57 Å². The molecule has 18 heavy (non-hydrogen) atoms. The summed E-state index contributed by atoms with van der Waals surface area (Å²) < 4.78 is 1.73. The van der Waals surface area contributed by atoms with Crippen molar-refractivity contribution >= 4 is 11.3 Å². The van der Waals surface area contributed by atoms with Gasteiger partial charge in [-0.25, -0.2) is 0 Å². The topological polar surface area (TPSA) is 45.8 Å². The Hall–Kier alpha value is -1.86. The zero-order chi connectivity index (χ0) is 13.1. The molecule has 0 saturated carbocycles. The molecular formula is C14H14N2OS. The Kier molecular flexibility index (Phi) is 3.63. The summed E-state index contributed by atoms with van der Waals surface area (Å²) in [6, 6.07) is 9.46. The van der Waals surface area contributed by atoms with Crippen LogP contribution in [0.25, 0.3) is 10.6 Å². The summed E-state index contributed by atoms with van der Waals surface area (Å²) in [5.41, 5.74) is 0.900. The van der Waals surface area contributed by atoms with Crippen molar-refractivity contribution in [2.45, 2.75) is 26.3 Å². The third-order valence-electron chi connectivity index (χ3n) is 3.04. The van der Waals surface area contributed by atoms with E-state index in [9.17, 15) is 4.79 Å². The Bertz CT molecular complexity index is 635. The second-order valence-corrected chi connectivity index (χ2v) is 5.10. The van der Waals surface area contributed by atoms with E-state index in [-0.39, 0.29) is 17.2 Å². The molecule has 0 aliphatic carbocycles. The van der Waals surface area contributed by atoms with Crippen LogP contribution in [0.4, 0.5) is 0 Å². The van der Waals surface area contributed by atoms with Crippen molar-refractivity contribution in [2.24, 2.45) is 0 Å². The van der Waals surface area contributed by atoms with Crippen molar-refractivity contribution in [3.63, 3.8) is 0 Å². The van der Waals surface area contributed by atoms with E-state index in [0.717, 1.165) is 17.0 Å².